The highest BCUT2D eigenvalue weighted by Gasteiger charge is 2.10. The van der Waals surface area contributed by atoms with Gasteiger partial charge < -0.3 is 10.5 Å². The van der Waals surface area contributed by atoms with E-state index in [4.69, 9.17) is 6.15 Å². The van der Waals surface area contributed by atoms with Gasteiger partial charge in [-0.3, -0.25) is 4.79 Å². The van der Waals surface area contributed by atoms with E-state index in [9.17, 15) is 4.79 Å². The molecule has 0 saturated heterocycles. The van der Waals surface area contributed by atoms with E-state index in [1.54, 1.807) is 18.0 Å². The van der Waals surface area contributed by atoms with Gasteiger partial charge >= 0.3 is 0 Å². The van der Waals surface area contributed by atoms with Crippen molar-refractivity contribution in [2.45, 2.75) is 6.92 Å². The summed E-state index contributed by atoms with van der Waals surface area (Å²) in [7, 11) is 0. The number of rotatable bonds is 3. The molecule has 13 heavy (non-hydrogen) atoms. The summed E-state index contributed by atoms with van der Waals surface area (Å²) in [6, 6.07) is 1.63. The van der Waals surface area contributed by atoms with Crippen molar-refractivity contribution < 1.29 is 10.9 Å². The van der Waals surface area contributed by atoms with E-state index in [-0.39, 0.29) is 11.4 Å². The van der Waals surface area contributed by atoms with Crippen molar-refractivity contribution in [2.75, 3.05) is 6.61 Å². The minimum atomic E-state index is -0.514. The maximum atomic E-state index is 11.2. The Hall–Kier alpha value is -0.850. The maximum Gasteiger partial charge on any atom is 0.254 e. The van der Waals surface area contributed by atoms with Crippen LogP contribution in [0.1, 0.15) is 17.3 Å². The maximum absolute atomic E-state index is 11.2. The van der Waals surface area contributed by atoms with E-state index in [1.807, 2.05) is 29.5 Å². The lowest BCUT2D eigenvalue weighted by Gasteiger charge is -2.05. The van der Waals surface area contributed by atoms with Gasteiger partial charge in [0.25, 0.3) is 5.91 Å². The SMILES string of the molecule is [2H]NC(=O)c1cc(I)cnc1OCC. The molecule has 1 aromatic rings. The van der Waals surface area contributed by atoms with Crippen LogP contribution in [0.5, 0.6) is 5.88 Å². The van der Waals surface area contributed by atoms with Crippen LogP contribution in [-0.2, 0) is 0 Å². The Morgan fingerprint density at radius 3 is 3.31 bits per heavy atom. The molecule has 2 N–H and O–H groups in total. The topological polar surface area (TPSA) is 65.2 Å². The summed E-state index contributed by atoms with van der Waals surface area (Å²) in [6.45, 7) is 2.24. The van der Waals surface area contributed by atoms with Gasteiger partial charge in [0.05, 0.1) is 6.61 Å². The van der Waals surface area contributed by atoms with Crippen LogP contribution in [0, 0.1) is 3.57 Å². The number of hydrogen-bond acceptors (Lipinski definition) is 3. The first-order chi connectivity index (χ1) is 6.69. The molecule has 0 saturated carbocycles. The summed E-state index contributed by atoms with van der Waals surface area (Å²) in [5, 5.41) is 0. The molecule has 4 nitrogen and oxygen atoms in total. The molecule has 1 aromatic heterocycles. The number of amides is 1. The lowest BCUT2D eigenvalue weighted by atomic mass is 10.2. The van der Waals surface area contributed by atoms with Crippen LogP contribution in [0.3, 0.4) is 0 Å². The van der Waals surface area contributed by atoms with Gasteiger partial charge in [0, 0.05) is 9.77 Å². The zero-order valence-electron chi connectivity index (χ0n) is 8.00. The first-order valence-corrected chi connectivity index (χ1v) is 4.77. The Labute approximate surface area is 91.1 Å². The van der Waals surface area contributed by atoms with Gasteiger partial charge in [-0.15, -0.1) is 0 Å². The number of aromatic nitrogens is 1. The van der Waals surface area contributed by atoms with Crippen LogP contribution in [0.4, 0.5) is 0 Å². The van der Waals surface area contributed by atoms with Gasteiger partial charge in [0.2, 0.25) is 5.88 Å². The number of carbonyl (C=O) groups excluding carboxylic acids is 1. The Bertz CT molecular complexity index is 346. The summed E-state index contributed by atoms with van der Waals surface area (Å²) in [5.41, 5.74) is 2.08. The number of primary amides is 1. The molecule has 0 atom stereocenters. The van der Waals surface area contributed by atoms with Crippen molar-refractivity contribution in [3.05, 3.63) is 21.4 Å². The average Bonchev–Trinajstić information content (AvgIpc) is 2.20. The zero-order valence-corrected chi connectivity index (χ0v) is 9.16. The van der Waals surface area contributed by atoms with E-state index < -0.39 is 5.91 Å². The van der Waals surface area contributed by atoms with Crippen LogP contribution in [-0.4, -0.2) is 17.5 Å². The number of nitrogens with two attached hydrogens (primary N) is 1. The summed E-state index contributed by atoms with van der Waals surface area (Å²) in [5.74, 6) is -0.253. The quantitative estimate of drug-likeness (QED) is 0.851. The van der Waals surface area contributed by atoms with Crippen LogP contribution >= 0.6 is 22.6 Å². The lowest BCUT2D eigenvalue weighted by Crippen LogP contribution is -2.14. The normalized spacial score (nSPS) is 10.5. The second-order valence-corrected chi connectivity index (χ2v) is 3.51. The molecule has 1 rings (SSSR count). The van der Waals surface area contributed by atoms with Crippen LogP contribution < -0.4 is 10.5 Å². The molecule has 1 amide bonds. The molecule has 0 aliphatic heterocycles. The van der Waals surface area contributed by atoms with E-state index in [0.717, 1.165) is 3.57 Å². The molecule has 5 heteroatoms. The van der Waals surface area contributed by atoms with Crippen molar-refractivity contribution in [1.82, 2.24) is 4.98 Å². The largest absolute Gasteiger partial charge is 0.477 e. The molecular formula is C8H9IN2O2. The molecular weight excluding hydrogens is 283 g/mol. The van der Waals surface area contributed by atoms with Crippen molar-refractivity contribution in [3.63, 3.8) is 0 Å². The van der Waals surface area contributed by atoms with Crippen LogP contribution in [0.15, 0.2) is 12.3 Å². The molecule has 0 aliphatic rings. The van der Waals surface area contributed by atoms with Gasteiger partial charge in [-0.1, -0.05) is 0 Å². The third-order valence-corrected chi connectivity index (χ3v) is 1.93. The number of pyridine rings is 1. The second kappa shape index (κ2) is 4.40. The van der Waals surface area contributed by atoms with Crippen LogP contribution in [0.2, 0.25) is 1.41 Å². The molecule has 0 aromatic carbocycles. The summed E-state index contributed by atoms with van der Waals surface area (Å²) >= 11 is 2.04. The third-order valence-electron chi connectivity index (χ3n) is 1.34. The van der Waals surface area contributed by atoms with Gasteiger partial charge in [0.1, 0.15) is 5.56 Å². The van der Waals surface area contributed by atoms with Gasteiger partial charge in [-0.2, -0.15) is 0 Å². The highest BCUT2D eigenvalue weighted by atomic mass is 127. The molecule has 0 aliphatic carbocycles. The standard InChI is InChI=1S/C8H9IN2O2/c1-2-13-8-6(7(10)12)3-5(9)4-11-8/h3-4H,2H2,1H3,(H2,10,12)/i/hD. The monoisotopic (exact) mass is 293 g/mol. The predicted molar refractivity (Wildman–Crippen MR) is 56.6 cm³/mol. The van der Waals surface area contributed by atoms with Gasteiger partial charge in [-0.05, 0) is 35.6 Å². The van der Waals surface area contributed by atoms with Crippen LogP contribution in [0.25, 0.3) is 0 Å². The Morgan fingerprint density at radius 1 is 1.92 bits per heavy atom. The predicted octanol–water partition coefficient (Wildman–Crippen LogP) is 1.18. The molecule has 1 heterocycles. The van der Waals surface area contributed by atoms with Crippen molar-refractivity contribution in [3.8, 4) is 5.88 Å². The number of ether oxygens (including phenoxy) is 1. The Kier molecular flexibility index (Phi) is 2.96. The fourth-order valence-corrected chi connectivity index (χ4v) is 1.29. The molecule has 0 fully saturated rings. The highest BCUT2D eigenvalue weighted by Crippen LogP contribution is 2.16. The summed E-state index contributed by atoms with van der Waals surface area (Å²) in [6.07, 6.45) is 1.60. The minimum absolute atomic E-state index is 0.262. The fourth-order valence-electron chi connectivity index (χ4n) is 0.841. The Morgan fingerprint density at radius 2 is 2.69 bits per heavy atom. The summed E-state index contributed by atoms with van der Waals surface area (Å²) < 4.78 is 12.7. The van der Waals surface area contributed by atoms with E-state index >= 15 is 0 Å². The smallest absolute Gasteiger partial charge is 0.254 e. The third kappa shape index (κ3) is 2.55. The molecule has 70 valence electrons. The second-order valence-electron chi connectivity index (χ2n) is 2.27. The Balaban J connectivity index is 3.08. The first kappa shape index (κ1) is 8.74. The number of hydrogen-bond donors (Lipinski definition) is 1. The minimum Gasteiger partial charge on any atom is -0.477 e. The summed E-state index contributed by atoms with van der Waals surface area (Å²) in [4.78, 5) is 15.2. The van der Waals surface area contributed by atoms with Crippen molar-refractivity contribution in [1.29, 1.82) is 0 Å². The van der Waals surface area contributed by atoms with E-state index in [1.165, 1.54) is 0 Å². The van der Waals surface area contributed by atoms with Crippen molar-refractivity contribution in [2.24, 2.45) is 5.73 Å². The fraction of sp³-hybridized carbons (Fsp3) is 0.250. The number of carbonyl (C=O) groups is 1. The highest BCUT2D eigenvalue weighted by molar-refractivity contribution is 14.1. The number of halogens is 1. The van der Waals surface area contributed by atoms with Gasteiger partial charge in [-0.25, -0.2) is 4.98 Å². The van der Waals surface area contributed by atoms with E-state index in [2.05, 4.69) is 4.98 Å². The van der Waals surface area contributed by atoms with Crippen molar-refractivity contribution >= 4 is 28.5 Å². The van der Waals surface area contributed by atoms with E-state index in [0.29, 0.717) is 6.61 Å². The number of nitrogens with zero attached hydrogens (tertiary/aromatic N) is 1. The molecule has 0 radical (unpaired) electrons. The lowest BCUT2D eigenvalue weighted by molar-refractivity contribution is 0.0995. The zero-order chi connectivity index (χ0) is 10.6. The average molecular weight is 293 g/mol. The molecule has 0 bridgehead atoms. The molecule has 0 unspecified atom stereocenters. The molecule has 0 spiro atoms. The first-order valence-electron chi connectivity index (χ1n) is 4.19. The van der Waals surface area contributed by atoms with Gasteiger partial charge in [0.15, 0.2) is 1.41 Å².